The summed E-state index contributed by atoms with van der Waals surface area (Å²) >= 11 is 0. The number of aliphatic imine (C=N–C) groups is 1. The first-order valence-corrected chi connectivity index (χ1v) is 10.6. The lowest BCUT2D eigenvalue weighted by Crippen LogP contribution is -2.44. The summed E-state index contributed by atoms with van der Waals surface area (Å²) in [5.74, 6) is 0.920. The molecule has 0 spiro atoms. The Hall–Kier alpha value is -3.42. The zero-order valence-corrected chi connectivity index (χ0v) is 17.7. The molecule has 1 aromatic carbocycles. The summed E-state index contributed by atoms with van der Waals surface area (Å²) in [5, 5.41) is 6.79. The van der Waals surface area contributed by atoms with Crippen LogP contribution in [-0.4, -0.2) is 46.2 Å². The molecule has 1 aliphatic rings. The second-order valence-electron chi connectivity index (χ2n) is 7.63. The van der Waals surface area contributed by atoms with Gasteiger partial charge in [-0.1, -0.05) is 24.3 Å². The Balaban J connectivity index is 1.33. The number of anilines is 1. The van der Waals surface area contributed by atoms with Gasteiger partial charge in [-0.15, -0.1) is 0 Å². The summed E-state index contributed by atoms with van der Waals surface area (Å²) in [4.78, 5) is 15.0. The normalized spacial score (nSPS) is 16.5. The third-order valence-electron chi connectivity index (χ3n) is 5.28. The molecule has 7 nitrogen and oxygen atoms in total. The van der Waals surface area contributed by atoms with Crippen LogP contribution in [0.5, 0.6) is 0 Å². The minimum Gasteiger partial charge on any atom is -0.357 e. The number of guanidine groups is 1. The van der Waals surface area contributed by atoms with Crippen LogP contribution in [-0.2, 0) is 13.1 Å². The quantitative estimate of drug-likeness (QED) is 0.454. The number of benzene rings is 1. The van der Waals surface area contributed by atoms with Crippen LogP contribution in [0.3, 0.4) is 0 Å². The highest BCUT2D eigenvalue weighted by atomic mass is 19.1. The fourth-order valence-corrected chi connectivity index (χ4v) is 3.71. The molecule has 162 valence electrons. The largest absolute Gasteiger partial charge is 0.357 e. The van der Waals surface area contributed by atoms with E-state index in [0.717, 1.165) is 37.6 Å². The average Bonchev–Trinajstić information content (AvgIpc) is 3.46. The Morgan fingerprint density at radius 3 is 2.77 bits per heavy atom. The molecule has 2 aromatic heterocycles. The first kappa shape index (κ1) is 20.8. The van der Waals surface area contributed by atoms with Gasteiger partial charge in [-0.2, -0.15) is 0 Å². The van der Waals surface area contributed by atoms with E-state index in [4.69, 9.17) is 4.99 Å². The lowest BCUT2D eigenvalue weighted by Gasteiger charge is -2.20. The Labute approximate surface area is 182 Å². The molecule has 1 saturated heterocycles. The highest BCUT2D eigenvalue weighted by molar-refractivity contribution is 5.80. The van der Waals surface area contributed by atoms with E-state index in [1.807, 2.05) is 28.9 Å². The molecule has 2 N–H and O–H groups in total. The summed E-state index contributed by atoms with van der Waals surface area (Å²) in [6.07, 6.45) is 8.10. The van der Waals surface area contributed by atoms with Gasteiger partial charge in [0.05, 0.1) is 12.9 Å². The average molecular weight is 422 g/mol. The molecule has 0 radical (unpaired) electrons. The van der Waals surface area contributed by atoms with E-state index in [-0.39, 0.29) is 11.9 Å². The lowest BCUT2D eigenvalue weighted by atomic mass is 10.1. The van der Waals surface area contributed by atoms with Gasteiger partial charge in [0.25, 0.3) is 0 Å². The van der Waals surface area contributed by atoms with E-state index in [1.165, 1.54) is 11.6 Å². The highest BCUT2D eigenvalue weighted by Crippen LogP contribution is 2.20. The molecule has 0 saturated carbocycles. The number of pyridine rings is 1. The Bertz CT molecular complexity index is 985. The maximum atomic E-state index is 14.0. The molecule has 0 bridgehead atoms. The minimum absolute atomic E-state index is 0.191. The van der Waals surface area contributed by atoms with Crippen LogP contribution in [0.4, 0.5) is 10.2 Å². The van der Waals surface area contributed by atoms with Gasteiger partial charge in [-0.3, -0.25) is 0 Å². The van der Waals surface area contributed by atoms with Gasteiger partial charge in [0.1, 0.15) is 0 Å². The standard InChI is InChI=1S/C23H28FN7/c1-2-26-23(29-20-9-12-31(16-20)22-21(24)4-3-10-27-22)28-14-18-5-7-19(8-6-18)15-30-13-11-25-17-30/h3-8,10-11,13,17,20H,2,9,12,14-16H2,1H3,(H2,26,28,29). The molecular formula is C23H28FN7. The van der Waals surface area contributed by atoms with Crippen LogP contribution < -0.4 is 15.5 Å². The third-order valence-corrected chi connectivity index (χ3v) is 5.28. The van der Waals surface area contributed by atoms with Crippen LogP contribution in [0, 0.1) is 5.82 Å². The third kappa shape index (κ3) is 5.59. The molecule has 8 heteroatoms. The van der Waals surface area contributed by atoms with Gasteiger partial charge < -0.3 is 20.1 Å². The number of nitrogens with one attached hydrogen (secondary N) is 2. The van der Waals surface area contributed by atoms with Crippen LogP contribution >= 0.6 is 0 Å². The van der Waals surface area contributed by atoms with E-state index in [1.54, 1.807) is 18.5 Å². The molecule has 1 fully saturated rings. The Morgan fingerprint density at radius 2 is 2.03 bits per heavy atom. The molecule has 3 aromatic rings. The van der Waals surface area contributed by atoms with Crippen molar-refractivity contribution >= 4 is 11.8 Å². The number of imidazole rings is 1. The number of hydrogen-bond acceptors (Lipinski definition) is 4. The summed E-state index contributed by atoms with van der Waals surface area (Å²) < 4.78 is 16.1. The maximum Gasteiger partial charge on any atom is 0.191 e. The lowest BCUT2D eigenvalue weighted by molar-refractivity contribution is 0.612. The van der Waals surface area contributed by atoms with Gasteiger partial charge in [-0.05, 0) is 36.6 Å². The summed E-state index contributed by atoms with van der Waals surface area (Å²) in [6.45, 7) is 5.69. The first-order valence-electron chi connectivity index (χ1n) is 10.6. The van der Waals surface area contributed by atoms with Gasteiger partial charge in [0, 0.05) is 50.8 Å². The minimum atomic E-state index is -0.278. The van der Waals surface area contributed by atoms with Crippen molar-refractivity contribution in [3.63, 3.8) is 0 Å². The van der Waals surface area contributed by atoms with Crippen molar-refractivity contribution in [3.8, 4) is 0 Å². The van der Waals surface area contributed by atoms with Crippen molar-refractivity contribution in [2.24, 2.45) is 4.99 Å². The highest BCUT2D eigenvalue weighted by Gasteiger charge is 2.25. The van der Waals surface area contributed by atoms with Crippen LogP contribution in [0.15, 0.2) is 66.3 Å². The van der Waals surface area contributed by atoms with E-state index in [9.17, 15) is 4.39 Å². The number of nitrogens with zero attached hydrogens (tertiary/aromatic N) is 5. The van der Waals surface area contributed by atoms with Crippen LogP contribution in [0.2, 0.25) is 0 Å². The second kappa shape index (κ2) is 10.1. The van der Waals surface area contributed by atoms with Gasteiger partial charge in [-0.25, -0.2) is 19.4 Å². The van der Waals surface area contributed by atoms with Crippen molar-refractivity contribution in [2.45, 2.75) is 32.5 Å². The Kier molecular flexibility index (Phi) is 6.76. The number of hydrogen-bond donors (Lipinski definition) is 2. The second-order valence-corrected chi connectivity index (χ2v) is 7.63. The molecule has 1 aliphatic heterocycles. The van der Waals surface area contributed by atoms with Gasteiger partial charge >= 0.3 is 0 Å². The first-order chi connectivity index (χ1) is 15.2. The van der Waals surface area contributed by atoms with E-state index < -0.39 is 0 Å². The number of rotatable bonds is 7. The SMILES string of the molecule is CCNC(=NCc1ccc(Cn2ccnc2)cc1)NC1CCN(c2ncccc2F)C1. The zero-order valence-electron chi connectivity index (χ0n) is 17.7. The summed E-state index contributed by atoms with van der Waals surface area (Å²) in [7, 11) is 0. The monoisotopic (exact) mass is 421 g/mol. The van der Waals surface area contributed by atoms with E-state index >= 15 is 0 Å². The zero-order chi connectivity index (χ0) is 21.5. The smallest absolute Gasteiger partial charge is 0.191 e. The molecule has 4 rings (SSSR count). The van der Waals surface area contributed by atoms with Crippen molar-refractivity contribution < 1.29 is 4.39 Å². The van der Waals surface area contributed by atoms with Crippen LogP contribution in [0.25, 0.3) is 0 Å². The Morgan fingerprint density at radius 1 is 1.19 bits per heavy atom. The number of halogens is 1. The molecular weight excluding hydrogens is 393 g/mol. The number of aromatic nitrogens is 3. The topological polar surface area (TPSA) is 70.4 Å². The predicted molar refractivity (Wildman–Crippen MR) is 121 cm³/mol. The van der Waals surface area contributed by atoms with E-state index in [2.05, 4.69) is 44.9 Å². The molecule has 0 aliphatic carbocycles. The van der Waals surface area contributed by atoms with E-state index in [0.29, 0.717) is 18.9 Å². The maximum absolute atomic E-state index is 14.0. The van der Waals surface area contributed by atoms with Crippen molar-refractivity contribution in [1.82, 2.24) is 25.2 Å². The molecule has 3 heterocycles. The summed E-state index contributed by atoms with van der Waals surface area (Å²) in [6, 6.07) is 11.7. The van der Waals surface area contributed by atoms with Crippen molar-refractivity contribution in [2.75, 3.05) is 24.5 Å². The van der Waals surface area contributed by atoms with Gasteiger partial charge in [0.15, 0.2) is 17.6 Å². The molecule has 1 atom stereocenters. The van der Waals surface area contributed by atoms with Crippen molar-refractivity contribution in [3.05, 3.63) is 78.3 Å². The van der Waals surface area contributed by atoms with Crippen LogP contribution in [0.1, 0.15) is 24.5 Å². The fraction of sp³-hybridized carbons (Fsp3) is 0.348. The molecule has 0 amide bonds. The summed E-state index contributed by atoms with van der Waals surface area (Å²) in [5.41, 5.74) is 2.37. The molecule has 1 unspecified atom stereocenters. The molecule has 31 heavy (non-hydrogen) atoms. The fourth-order valence-electron chi connectivity index (χ4n) is 3.71. The predicted octanol–water partition coefficient (Wildman–Crippen LogP) is 2.80. The van der Waals surface area contributed by atoms with Crippen molar-refractivity contribution in [1.29, 1.82) is 0 Å². The van der Waals surface area contributed by atoms with Gasteiger partial charge in [0.2, 0.25) is 0 Å².